The molecule has 0 radical (unpaired) electrons. The molecule has 0 aliphatic heterocycles. The van der Waals surface area contributed by atoms with Crippen molar-refractivity contribution in [2.45, 2.75) is 20.3 Å². The molecule has 1 aromatic rings. The predicted octanol–water partition coefficient (Wildman–Crippen LogP) is 1.57. The summed E-state index contributed by atoms with van der Waals surface area (Å²) in [7, 11) is 3.85. The molecule has 0 bridgehead atoms. The molecule has 0 saturated heterocycles. The monoisotopic (exact) mass is 294 g/mol. The third-order valence-electron chi connectivity index (χ3n) is 2.58. The van der Waals surface area contributed by atoms with Crippen LogP contribution in [0, 0.1) is 13.8 Å². The number of amides is 1. The molecule has 0 fully saturated rings. The Morgan fingerprint density at radius 3 is 2.30 bits per heavy atom. The van der Waals surface area contributed by atoms with Crippen LogP contribution in [0.5, 0.6) is 0 Å². The Bertz CT molecular complexity index is 468. The molecule has 0 atom stereocenters. The van der Waals surface area contributed by atoms with Crippen molar-refractivity contribution in [3.63, 3.8) is 0 Å². The topological polar surface area (TPSA) is 56.4 Å². The Labute approximate surface area is 125 Å². The number of carbonyl (C=O) groups is 1. The van der Waals surface area contributed by atoms with Crippen molar-refractivity contribution in [1.29, 1.82) is 0 Å². The van der Waals surface area contributed by atoms with E-state index in [9.17, 15) is 4.79 Å². The van der Waals surface area contributed by atoms with Crippen molar-refractivity contribution in [1.82, 2.24) is 15.8 Å². The number of hydrogen-bond acceptors (Lipinski definition) is 3. The summed E-state index contributed by atoms with van der Waals surface area (Å²) >= 11 is 5.13. The molecule has 0 spiro atoms. The zero-order valence-electron chi connectivity index (χ0n) is 12.4. The van der Waals surface area contributed by atoms with E-state index < -0.39 is 0 Å². The van der Waals surface area contributed by atoms with Crippen LogP contribution in [0.1, 0.15) is 17.5 Å². The van der Waals surface area contributed by atoms with Gasteiger partial charge in [0.05, 0.1) is 0 Å². The van der Waals surface area contributed by atoms with Gasteiger partial charge in [0.1, 0.15) is 0 Å². The van der Waals surface area contributed by atoms with Crippen molar-refractivity contribution >= 4 is 28.9 Å². The summed E-state index contributed by atoms with van der Waals surface area (Å²) in [5, 5.41) is 3.41. The average Bonchev–Trinajstić information content (AvgIpc) is 2.32. The van der Waals surface area contributed by atoms with Gasteiger partial charge in [0.25, 0.3) is 0 Å². The van der Waals surface area contributed by atoms with Crippen LogP contribution in [-0.4, -0.2) is 36.6 Å². The molecule has 0 aliphatic rings. The van der Waals surface area contributed by atoms with E-state index >= 15 is 0 Å². The number of thiocarbonyl (C=S) groups is 1. The largest absolute Gasteiger partial charge is 0.331 e. The lowest BCUT2D eigenvalue weighted by atomic mass is 10.1. The van der Waals surface area contributed by atoms with E-state index in [2.05, 4.69) is 22.2 Å². The van der Waals surface area contributed by atoms with E-state index in [1.54, 1.807) is 0 Å². The number of nitrogens with one attached hydrogen (secondary N) is 3. The zero-order chi connectivity index (χ0) is 15.1. The number of hydrazine groups is 1. The predicted molar refractivity (Wildman–Crippen MR) is 86.6 cm³/mol. The molecular weight excluding hydrogens is 272 g/mol. The molecular formula is C14H22N4OS. The van der Waals surface area contributed by atoms with Gasteiger partial charge in [0.2, 0.25) is 5.91 Å². The second-order valence-electron chi connectivity index (χ2n) is 5.06. The summed E-state index contributed by atoms with van der Waals surface area (Å²) in [6.07, 6.45) is 0.423. The van der Waals surface area contributed by atoms with Gasteiger partial charge in [-0.15, -0.1) is 0 Å². The Morgan fingerprint density at radius 2 is 1.75 bits per heavy atom. The maximum absolute atomic E-state index is 11.5. The van der Waals surface area contributed by atoms with Gasteiger partial charge in [-0.05, 0) is 63.4 Å². The van der Waals surface area contributed by atoms with E-state index in [-0.39, 0.29) is 5.91 Å². The van der Waals surface area contributed by atoms with Gasteiger partial charge in [0.15, 0.2) is 5.11 Å². The summed E-state index contributed by atoms with van der Waals surface area (Å²) in [5.74, 6) is -0.0942. The minimum atomic E-state index is -0.0942. The molecule has 20 heavy (non-hydrogen) atoms. The molecule has 1 rings (SSSR count). The molecule has 0 heterocycles. The van der Waals surface area contributed by atoms with Crippen molar-refractivity contribution in [3.8, 4) is 0 Å². The van der Waals surface area contributed by atoms with Crippen LogP contribution in [-0.2, 0) is 4.79 Å². The lowest BCUT2D eigenvalue weighted by Gasteiger charge is -2.13. The first-order chi connectivity index (χ1) is 9.36. The SMILES string of the molecule is Cc1cc(C)cc(NC(=S)NNC(=O)CCN(C)C)c1. The molecule has 1 aromatic carbocycles. The highest BCUT2D eigenvalue weighted by molar-refractivity contribution is 7.80. The standard InChI is InChI=1S/C14H22N4OS/c1-10-7-11(2)9-12(8-10)15-14(20)17-16-13(19)5-6-18(3)4/h7-9H,5-6H2,1-4H3,(H,16,19)(H2,15,17,20). The summed E-state index contributed by atoms with van der Waals surface area (Å²) < 4.78 is 0. The fourth-order valence-corrected chi connectivity index (χ4v) is 1.89. The summed E-state index contributed by atoms with van der Waals surface area (Å²) in [5.41, 5.74) is 8.48. The van der Waals surface area contributed by atoms with E-state index in [1.165, 1.54) is 0 Å². The Balaban J connectivity index is 2.38. The number of hydrogen-bond donors (Lipinski definition) is 3. The molecule has 0 aliphatic carbocycles. The van der Waals surface area contributed by atoms with Crippen LogP contribution in [0.25, 0.3) is 0 Å². The zero-order valence-corrected chi connectivity index (χ0v) is 13.2. The number of aryl methyl sites for hydroxylation is 2. The van der Waals surface area contributed by atoms with E-state index in [0.717, 1.165) is 16.8 Å². The molecule has 5 nitrogen and oxygen atoms in total. The van der Waals surface area contributed by atoms with Gasteiger partial charge in [-0.3, -0.25) is 15.6 Å². The molecule has 3 N–H and O–H groups in total. The molecule has 6 heteroatoms. The molecule has 110 valence electrons. The fourth-order valence-electron chi connectivity index (χ4n) is 1.72. The van der Waals surface area contributed by atoms with Crippen LogP contribution in [0.15, 0.2) is 18.2 Å². The highest BCUT2D eigenvalue weighted by Gasteiger charge is 2.03. The quantitative estimate of drug-likeness (QED) is 0.581. The highest BCUT2D eigenvalue weighted by atomic mass is 32.1. The fraction of sp³-hybridized carbons (Fsp3) is 0.429. The second-order valence-corrected chi connectivity index (χ2v) is 5.47. The van der Waals surface area contributed by atoms with Gasteiger partial charge in [-0.2, -0.15) is 0 Å². The van der Waals surface area contributed by atoms with Crippen LogP contribution >= 0.6 is 12.2 Å². The summed E-state index contributed by atoms with van der Waals surface area (Å²) in [6.45, 7) is 4.75. The lowest BCUT2D eigenvalue weighted by molar-refractivity contribution is -0.121. The van der Waals surface area contributed by atoms with E-state index in [1.807, 2.05) is 45.0 Å². The van der Waals surface area contributed by atoms with Gasteiger partial charge >= 0.3 is 0 Å². The van der Waals surface area contributed by atoms with Crippen molar-refractivity contribution in [3.05, 3.63) is 29.3 Å². The van der Waals surface area contributed by atoms with Crippen molar-refractivity contribution in [2.75, 3.05) is 26.0 Å². The summed E-state index contributed by atoms with van der Waals surface area (Å²) in [4.78, 5) is 13.5. The van der Waals surface area contributed by atoms with Crippen molar-refractivity contribution in [2.24, 2.45) is 0 Å². The van der Waals surface area contributed by atoms with Gasteiger partial charge < -0.3 is 10.2 Å². The third kappa shape index (κ3) is 6.49. The van der Waals surface area contributed by atoms with E-state index in [0.29, 0.717) is 18.1 Å². The van der Waals surface area contributed by atoms with Gasteiger partial charge in [-0.25, -0.2) is 0 Å². The number of anilines is 1. The Morgan fingerprint density at radius 1 is 1.15 bits per heavy atom. The Hall–Kier alpha value is -1.66. The molecule has 0 aromatic heterocycles. The lowest BCUT2D eigenvalue weighted by Crippen LogP contribution is -2.44. The van der Waals surface area contributed by atoms with Crippen LogP contribution < -0.4 is 16.2 Å². The number of benzene rings is 1. The second kappa shape index (κ2) is 7.81. The number of rotatable bonds is 4. The molecule has 0 saturated carbocycles. The maximum Gasteiger partial charge on any atom is 0.239 e. The number of nitrogens with zero attached hydrogens (tertiary/aromatic N) is 1. The summed E-state index contributed by atoms with van der Waals surface area (Å²) in [6, 6.07) is 6.08. The Kier molecular flexibility index (Phi) is 6.41. The van der Waals surface area contributed by atoms with Crippen LogP contribution in [0.3, 0.4) is 0 Å². The van der Waals surface area contributed by atoms with Crippen LogP contribution in [0.4, 0.5) is 5.69 Å². The van der Waals surface area contributed by atoms with Crippen LogP contribution in [0.2, 0.25) is 0 Å². The maximum atomic E-state index is 11.5. The number of carbonyl (C=O) groups excluding carboxylic acids is 1. The van der Waals surface area contributed by atoms with E-state index in [4.69, 9.17) is 12.2 Å². The molecule has 1 amide bonds. The van der Waals surface area contributed by atoms with Crippen molar-refractivity contribution < 1.29 is 4.79 Å². The first kappa shape index (κ1) is 16.4. The minimum absolute atomic E-state index is 0.0942. The third-order valence-corrected chi connectivity index (χ3v) is 2.79. The first-order valence-electron chi connectivity index (χ1n) is 6.45. The average molecular weight is 294 g/mol. The normalized spacial score (nSPS) is 10.2. The minimum Gasteiger partial charge on any atom is -0.331 e. The molecule has 0 unspecified atom stereocenters. The van der Waals surface area contributed by atoms with Gasteiger partial charge in [0, 0.05) is 18.7 Å². The first-order valence-corrected chi connectivity index (χ1v) is 6.86. The smallest absolute Gasteiger partial charge is 0.239 e. The highest BCUT2D eigenvalue weighted by Crippen LogP contribution is 2.13. The van der Waals surface area contributed by atoms with Gasteiger partial charge in [-0.1, -0.05) is 6.07 Å².